The van der Waals surface area contributed by atoms with E-state index in [1.807, 2.05) is 0 Å². The maximum absolute atomic E-state index is 10.6. The molecule has 0 aliphatic heterocycles. The first kappa shape index (κ1) is 6.71. The van der Waals surface area contributed by atoms with Gasteiger partial charge in [-0.3, -0.25) is 4.79 Å². The van der Waals surface area contributed by atoms with Gasteiger partial charge in [-0.25, -0.2) is 0 Å². The van der Waals surface area contributed by atoms with Crippen LogP contribution in [0.5, 0.6) is 0 Å². The standard InChI is InChI=1S/C5H4ClNOS/c1-3(8)4-2-9-7-5(4)6/h2H,1H3. The average molecular weight is 162 g/mol. The van der Waals surface area contributed by atoms with E-state index < -0.39 is 0 Å². The molecule has 0 unspecified atom stereocenters. The lowest BCUT2D eigenvalue weighted by Gasteiger charge is -1.83. The van der Waals surface area contributed by atoms with Gasteiger partial charge in [0, 0.05) is 5.38 Å². The fourth-order valence-electron chi connectivity index (χ4n) is 0.451. The first-order valence-electron chi connectivity index (χ1n) is 2.32. The Kier molecular flexibility index (Phi) is 1.83. The van der Waals surface area contributed by atoms with Crippen LogP contribution in [0.15, 0.2) is 5.38 Å². The van der Waals surface area contributed by atoms with E-state index in [1.54, 1.807) is 5.38 Å². The lowest BCUT2D eigenvalue weighted by Crippen LogP contribution is -1.88. The summed E-state index contributed by atoms with van der Waals surface area (Å²) in [6.45, 7) is 1.47. The topological polar surface area (TPSA) is 30.0 Å². The minimum atomic E-state index is -0.0336. The van der Waals surface area contributed by atoms with E-state index >= 15 is 0 Å². The molecule has 0 fully saturated rings. The summed E-state index contributed by atoms with van der Waals surface area (Å²) in [6, 6.07) is 0. The van der Waals surface area contributed by atoms with Crippen LogP contribution in [0.1, 0.15) is 17.3 Å². The molecule has 1 heterocycles. The Morgan fingerprint density at radius 3 is 2.78 bits per heavy atom. The van der Waals surface area contributed by atoms with Crippen LogP contribution >= 0.6 is 23.1 Å². The molecule has 4 heteroatoms. The van der Waals surface area contributed by atoms with E-state index in [0.717, 1.165) is 0 Å². The lowest BCUT2D eigenvalue weighted by atomic mass is 10.3. The van der Waals surface area contributed by atoms with E-state index in [-0.39, 0.29) is 5.78 Å². The highest BCUT2D eigenvalue weighted by Crippen LogP contribution is 2.15. The number of rotatable bonds is 1. The highest BCUT2D eigenvalue weighted by Gasteiger charge is 2.05. The summed E-state index contributed by atoms with van der Waals surface area (Å²) in [5.41, 5.74) is 0.515. The summed E-state index contributed by atoms with van der Waals surface area (Å²) in [6.07, 6.45) is 0. The largest absolute Gasteiger partial charge is 0.294 e. The Hall–Kier alpha value is -0.410. The zero-order valence-electron chi connectivity index (χ0n) is 4.72. The number of hydrogen-bond acceptors (Lipinski definition) is 3. The third kappa shape index (κ3) is 1.28. The van der Waals surface area contributed by atoms with Gasteiger partial charge in [0.15, 0.2) is 10.9 Å². The molecule has 48 valence electrons. The van der Waals surface area contributed by atoms with Crippen molar-refractivity contribution in [3.05, 3.63) is 16.1 Å². The van der Waals surface area contributed by atoms with Crippen molar-refractivity contribution in [1.29, 1.82) is 0 Å². The number of ketones is 1. The Bertz CT molecular complexity index is 233. The smallest absolute Gasteiger partial charge is 0.163 e. The molecule has 1 rings (SSSR count). The predicted octanol–water partition coefficient (Wildman–Crippen LogP) is 2.00. The Balaban J connectivity index is 3.08. The molecule has 0 saturated carbocycles. The van der Waals surface area contributed by atoms with E-state index in [4.69, 9.17) is 11.6 Å². The molecule has 0 aromatic carbocycles. The molecule has 0 aliphatic rings. The van der Waals surface area contributed by atoms with Crippen LogP contribution < -0.4 is 0 Å². The van der Waals surface area contributed by atoms with Crippen molar-refractivity contribution in [2.75, 3.05) is 0 Å². The van der Waals surface area contributed by atoms with Crippen molar-refractivity contribution in [2.45, 2.75) is 6.92 Å². The van der Waals surface area contributed by atoms with Gasteiger partial charge in [-0.05, 0) is 18.5 Å². The molecule has 1 aromatic rings. The van der Waals surface area contributed by atoms with Gasteiger partial charge in [0.25, 0.3) is 0 Å². The Labute approximate surface area is 61.6 Å². The maximum atomic E-state index is 10.6. The van der Waals surface area contributed by atoms with Crippen LogP contribution in [-0.2, 0) is 0 Å². The zero-order chi connectivity index (χ0) is 6.85. The van der Waals surface area contributed by atoms with Gasteiger partial charge in [-0.1, -0.05) is 11.6 Å². The summed E-state index contributed by atoms with van der Waals surface area (Å²) in [4.78, 5) is 10.6. The van der Waals surface area contributed by atoms with Crippen LogP contribution in [0.25, 0.3) is 0 Å². The van der Waals surface area contributed by atoms with Gasteiger partial charge in [0.2, 0.25) is 0 Å². The molecule has 2 nitrogen and oxygen atoms in total. The van der Waals surface area contributed by atoms with E-state index in [9.17, 15) is 4.79 Å². The Morgan fingerprint density at radius 1 is 1.89 bits per heavy atom. The van der Waals surface area contributed by atoms with Crippen molar-refractivity contribution in [2.24, 2.45) is 0 Å². The lowest BCUT2D eigenvalue weighted by molar-refractivity contribution is 0.101. The molecule has 9 heavy (non-hydrogen) atoms. The first-order chi connectivity index (χ1) is 4.22. The predicted molar refractivity (Wildman–Crippen MR) is 37.1 cm³/mol. The molecule has 0 bridgehead atoms. The van der Waals surface area contributed by atoms with Crippen LogP contribution in [0.3, 0.4) is 0 Å². The zero-order valence-corrected chi connectivity index (χ0v) is 6.29. The number of hydrogen-bond donors (Lipinski definition) is 0. The number of aromatic nitrogens is 1. The van der Waals surface area contributed by atoms with Crippen molar-refractivity contribution >= 4 is 28.9 Å². The number of carbonyl (C=O) groups is 1. The minimum Gasteiger partial charge on any atom is -0.294 e. The van der Waals surface area contributed by atoms with Crippen molar-refractivity contribution in [3.63, 3.8) is 0 Å². The van der Waals surface area contributed by atoms with Crippen LogP contribution in [-0.4, -0.2) is 10.2 Å². The summed E-state index contributed by atoms with van der Waals surface area (Å²) >= 11 is 6.71. The second-order valence-corrected chi connectivity index (χ2v) is 2.56. The summed E-state index contributed by atoms with van der Waals surface area (Å²) in [5, 5.41) is 1.96. The normalized spacial score (nSPS) is 9.56. The molecule has 0 N–H and O–H groups in total. The van der Waals surface area contributed by atoms with Crippen LogP contribution in [0, 0.1) is 0 Å². The van der Waals surface area contributed by atoms with E-state index in [0.29, 0.717) is 10.7 Å². The second-order valence-electron chi connectivity index (χ2n) is 1.58. The minimum absolute atomic E-state index is 0.0336. The fraction of sp³-hybridized carbons (Fsp3) is 0.200. The molecule has 0 aliphatic carbocycles. The highest BCUT2D eigenvalue weighted by molar-refractivity contribution is 7.04. The van der Waals surface area contributed by atoms with Crippen molar-refractivity contribution in [3.8, 4) is 0 Å². The van der Waals surface area contributed by atoms with Gasteiger partial charge < -0.3 is 0 Å². The third-order valence-electron chi connectivity index (χ3n) is 0.905. The van der Waals surface area contributed by atoms with Gasteiger partial charge >= 0.3 is 0 Å². The summed E-state index contributed by atoms with van der Waals surface area (Å²) in [7, 11) is 0. The van der Waals surface area contributed by atoms with Gasteiger partial charge in [0.05, 0.1) is 5.56 Å². The van der Waals surface area contributed by atoms with Gasteiger partial charge in [0.1, 0.15) is 0 Å². The average Bonchev–Trinajstić information content (AvgIpc) is 2.13. The van der Waals surface area contributed by atoms with Crippen molar-refractivity contribution in [1.82, 2.24) is 4.37 Å². The van der Waals surface area contributed by atoms with Gasteiger partial charge in [-0.2, -0.15) is 4.37 Å². The highest BCUT2D eigenvalue weighted by atomic mass is 35.5. The molecular formula is C5H4ClNOS. The molecule has 0 spiro atoms. The number of Topliss-reactive ketones (excluding diaryl/α,β-unsaturated/α-hetero) is 1. The molecule has 0 radical (unpaired) electrons. The summed E-state index contributed by atoms with van der Waals surface area (Å²) < 4.78 is 3.72. The molecule has 0 saturated heterocycles. The molecule has 0 atom stereocenters. The van der Waals surface area contributed by atoms with E-state index in [2.05, 4.69) is 4.37 Å². The second kappa shape index (κ2) is 2.45. The van der Waals surface area contributed by atoms with Gasteiger partial charge in [-0.15, -0.1) is 0 Å². The third-order valence-corrected chi connectivity index (χ3v) is 1.92. The number of carbonyl (C=O) groups excluding carboxylic acids is 1. The maximum Gasteiger partial charge on any atom is 0.163 e. The quantitative estimate of drug-likeness (QED) is 0.590. The van der Waals surface area contributed by atoms with E-state index in [1.165, 1.54) is 18.5 Å². The van der Waals surface area contributed by atoms with Crippen molar-refractivity contribution < 1.29 is 4.79 Å². The molecule has 0 amide bonds. The summed E-state index contributed by atoms with van der Waals surface area (Å²) in [5.74, 6) is -0.0336. The number of halogens is 1. The van der Waals surface area contributed by atoms with Crippen LogP contribution in [0.4, 0.5) is 0 Å². The fourth-order valence-corrected chi connectivity index (χ4v) is 1.45. The molecule has 1 aromatic heterocycles. The first-order valence-corrected chi connectivity index (χ1v) is 3.54. The Morgan fingerprint density at radius 2 is 2.56 bits per heavy atom. The molecular weight excluding hydrogens is 158 g/mol. The van der Waals surface area contributed by atoms with Crippen LogP contribution in [0.2, 0.25) is 5.15 Å². The number of nitrogens with zero attached hydrogens (tertiary/aromatic N) is 1. The SMILES string of the molecule is CC(=O)c1csnc1Cl. The monoisotopic (exact) mass is 161 g/mol.